The van der Waals surface area contributed by atoms with E-state index in [4.69, 9.17) is 23.7 Å². The molecule has 0 aromatic heterocycles. The molecule has 0 spiro atoms. The topological polar surface area (TPSA) is 175 Å². The third-order valence-corrected chi connectivity index (χ3v) is 13.7. The Morgan fingerprint density at radius 2 is 0.863 bits per heavy atom. The number of hydrogen-bond donors (Lipinski definition) is 3. The van der Waals surface area contributed by atoms with Crippen molar-refractivity contribution in [1.82, 2.24) is 0 Å². The monoisotopic (exact) mass is 1030 g/mol. The van der Waals surface area contributed by atoms with Gasteiger partial charge in [0.05, 0.1) is 6.61 Å². The van der Waals surface area contributed by atoms with Gasteiger partial charge in [0.25, 0.3) is 0 Å². The number of unbranched alkanes of at least 4 members (excludes halogenated alkanes) is 31. The van der Waals surface area contributed by atoms with Crippen LogP contribution in [-0.2, 0) is 42.9 Å². The largest absolute Gasteiger partial charge is 0.479 e. The molecule has 3 N–H and O–H groups in total. The number of rotatable bonds is 51. The summed E-state index contributed by atoms with van der Waals surface area (Å²) in [5.41, 5.74) is 0. The molecule has 1 aliphatic heterocycles. The molecule has 73 heavy (non-hydrogen) atoms. The summed E-state index contributed by atoms with van der Waals surface area (Å²) < 4.78 is 28.4. The number of carboxylic acids is 1. The second-order valence-electron chi connectivity index (χ2n) is 20.6. The molecule has 1 fully saturated rings. The van der Waals surface area contributed by atoms with Crippen molar-refractivity contribution < 1.29 is 58.2 Å². The van der Waals surface area contributed by atoms with E-state index < -0.39 is 67.3 Å². The van der Waals surface area contributed by atoms with Crippen LogP contribution >= 0.6 is 0 Å². The average molecular weight is 1030 g/mol. The van der Waals surface area contributed by atoms with Crippen LogP contribution in [-0.4, -0.2) is 89.2 Å². The molecule has 1 aliphatic rings. The number of esters is 3. The number of aliphatic hydroxyl groups excluding tert-OH is 2. The maximum absolute atomic E-state index is 13.1. The maximum atomic E-state index is 13.1. The van der Waals surface area contributed by atoms with E-state index in [1.54, 1.807) is 0 Å². The highest BCUT2D eigenvalue weighted by Crippen LogP contribution is 2.27. The quantitative estimate of drug-likeness (QED) is 0.0228. The standard InChI is InChI=1S/C61H108O12/c1-4-7-10-13-16-19-22-24-26-27-29-31-34-37-40-43-46-49-55(64)72-59-57(66)56(65)58(60(67)68)73-61(59)70-51-52(71-54(63)48-45-42-39-36-32-21-18-15-12-9-6-3)50-69-53(62)47-44-41-38-35-33-30-28-25-23-20-17-14-11-8-5-2/h7,10,16,19,24,26,52,56-59,61,65-66H,4-6,8-9,11-15,17-18,20-23,25,27-51H2,1-3H3,(H,67,68)/b10-7-,19-16-,26-24-. The Balaban J connectivity index is 2.66. The Hall–Kier alpha value is -3.06. The zero-order chi connectivity index (χ0) is 53.3. The van der Waals surface area contributed by atoms with E-state index in [9.17, 15) is 34.5 Å². The van der Waals surface area contributed by atoms with Crippen LogP contribution in [0.1, 0.15) is 278 Å². The second-order valence-corrected chi connectivity index (χ2v) is 20.6. The summed E-state index contributed by atoms with van der Waals surface area (Å²) in [6.45, 7) is 5.90. The molecular formula is C61H108O12. The summed E-state index contributed by atoms with van der Waals surface area (Å²) in [4.78, 5) is 51.1. The molecule has 0 aliphatic carbocycles. The Morgan fingerprint density at radius 1 is 0.466 bits per heavy atom. The van der Waals surface area contributed by atoms with Crippen molar-refractivity contribution in [3.63, 3.8) is 0 Å². The van der Waals surface area contributed by atoms with Gasteiger partial charge in [-0.15, -0.1) is 0 Å². The lowest BCUT2D eigenvalue weighted by molar-refractivity contribution is -0.301. The Kier molecular flexibility index (Phi) is 46.4. The van der Waals surface area contributed by atoms with Crippen LogP contribution in [0.5, 0.6) is 0 Å². The highest BCUT2D eigenvalue weighted by molar-refractivity contribution is 5.74. The minimum Gasteiger partial charge on any atom is -0.479 e. The molecule has 6 unspecified atom stereocenters. The van der Waals surface area contributed by atoms with Gasteiger partial charge in [-0.1, -0.05) is 243 Å². The minimum absolute atomic E-state index is 0.0527. The smallest absolute Gasteiger partial charge is 0.335 e. The molecule has 424 valence electrons. The highest BCUT2D eigenvalue weighted by Gasteiger charge is 2.50. The van der Waals surface area contributed by atoms with E-state index in [1.165, 1.54) is 116 Å². The fourth-order valence-corrected chi connectivity index (χ4v) is 9.15. The van der Waals surface area contributed by atoms with Crippen LogP contribution in [0.15, 0.2) is 36.5 Å². The fraction of sp³-hybridized carbons (Fsp3) is 0.836. The van der Waals surface area contributed by atoms with Gasteiger partial charge in [0.1, 0.15) is 18.8 Å². The van der Waals surface area contributed by atoms with Crippen LogP contribution in [0.3, 0.4) is 0 Å². The Labute approximate surface area is 444 Å². The second kappa shape index (κ2) is 49.8. The van der Waals surface area contributed by atoms with E-state index >= 15 is 0 Å². The van der Waals surface area contributed by atoms with Crippen LogP contribution in [0.2, 0.25) is 0 Å². The summed E-state index contributed by atoms with van der Waals surface area (Å²) in [6.07, 6.45) is 45.4. The van der Waals surface area contributed by atoms with Gasteiger partial charge in [0, 0.05) is 19.3 Å². The van der Waals surface area contributed by atoms with Crippen molar-refractivity contribution in [2.75, 3.05) is 13.2 Å². The summed E-state index contributed by atoms with van der Waals surface area (Å²) >= 11 is 0. The first-order valence-corrected chi connectivity index (χ1v) is 30.0. The van der Waals surface area contributed by atoms with Crippen LogP contribution in [0, 0.1) is 0 Å². The van der Waals surface area contributed by atoms with Gasteiger partial charge in [0.15, 0.2) is 24.6 Å². The van der Waals surface area contributed by atoms with Gasteiger partial charge < -0.3 is 39.0 Å². The minimum atomic E-state index is -1.90. The summed E-state index contributed by atoms with van der Waals surface area (Å²) in [5, 5.41) is 31.5. The van der Waals surface area contributed by atoms with Gasteiger partial charge in [-0.05, 0) is 51.4 Å². The Morgan fingerprint density at radius 3 is 1.32 bits per heavy atom. The SMILES string of the molecule is CC/C=C\C/C=C\C/C=C\CCCCCCCCCC(=O)OC1C(OCC(COC(=O)CCCCCCCCCCCCCCCCC)OC(=O)CCCCCCCCCCCCC)OC(C(=O)O)C(O)C1O. The van der Waals surface area contributed by atoms with Gasteiger partial charge in [-0.3, -0.25) is 14.4 Å². The molecule has 0 bridgehead atoms. The third-order valence-electron chi connectivity index (χ3n) is 13.7. The van der Waals surface area contributed by atoms with E-state index in [0.717, 1.165) is 103 Å². The molecule has 0 aromatic carbocycles. The van der Waals surface area contributed by atoms with E-state index in [0.29, 0.717) is 19.3 Å². The van der Waals surface area contributed by atoms with E-state index in [1.807, 2.05) is 0 Å². The third kappa shape index (κ3) is 39.9. The maximum Gasteiger partial charge on any atom is 0.335 e. The molecule has 0 radical (unpaired) electrons. The molecular weight excluding hydrogens is 925 g/mol. The highest BCUT2D eigenvalue weighted by atomic mass is 16.7. The first-order valence-electron chi connectivity index (χ1n) is 30.0. The first kappa shape index (κ1) is 68.0. The van der Waals surface area contributed by atoms with Crippen molar-refractivity contribution in [2.24, 2.45) is 0 Å². The van der Waals surface area contributed by atoms with Gasteiger partial charge >= 0.3 is 23.9 Å². The molecule has 1 rings (SSSR count). The molecule has 12 nitrogen and oxygen atoms in total. The molecule has 0 saturated carbocycles. The fourth-order valence-electron chi connectivity index (χ4n) is 9.15. The van der Waals surface area contributed by atoms with E-state index in [2.05, 4.69) is 57.2 Å². The molecule has 0 amide bonds. The van der Waals surface area contributed by atoms with Crippen molar-refractivity contribution >= 4 is 23.9 Å². The lowest BCUT2D eigenvalue weighted by Gasteiger charge is -2.40. The number of carbonyl (C=O) groups is 4. The molecule has 6 atom stereocenters. The van der Waals surface area contributed by atoms with Crippen LogP contribution < -0.4 is 0 Å². The van der Waals surface area contributed by atoms with E-state index in [-0.39, 0.29) is 25.9 Å². The normalized spacial score (nSPS) is 18.5. The van der Waals surface area contributed by atoms with Gasteiger partial charge in [-0.25, -0.2) is 4.79 Å². The molecule has 12 heteroatoms. The number of aliphatic carboxylic acids is 1. The Bertz CT molecular complexity index is 1410. The number of carboxylic acid groups (broad SMARTS) is 1. The van der Waals surface area contributed by atoms with Crippen molar-refractivity contribution in [3.05, 3.63) is 36.5 Å². The predicted molar refractivity (Wildman–Crippen MR) is 294 cm³/mol. The van der Waals surface area contributed by atoms with Crippen molar-refractivity contribution in [1.29, 1.82) is 0 Å². The number of ether oxygens (including phenoxy) is 5. The van der Waals surface area contributed by atoms with Gasteiger partial charge in [0.2, 0.25) is 0 Å². The molecule has 1 saturated heterocycles. The molecule has 1 heterocycles. The van der Waals surface area contributed by atoms with Gasteiger partial charge in [-0.2, -0.15) is 0 Å². The zero-order valence-electron chi connectivity index (χ0n) is 46.6. The number of carbonyl (C=O) groups excluding carboxylic acids is 3. The van der Waals surface area contributed by atoms with Crippen LogP contribution in [0.25, 0.3) is 0 Å². The van der Waals surface area contributed by atoms with Crippen molar-refractivity contribution in [2.45, 2.75) is 314 Å². The van der Waals surface area contributed by atoms with Crippen LogP contribution in [0.4, 0.5) is 0 Å². The van der Waals surface area contributed by atoms with Crippen molar-refractivity contribution in [3.8, 4) is 0 Å². The summed E-state index contributed by atoms with van der Waals surface area (Å²) in [6, 6.07) is 0. The summed E-state index contributed by atoms with van der Waals surface area (Å²) in [7, 11) is 0. The lowest BCUT2D eigenvalue weighted by atomic mass is 9.98. The number of aliphatic hydroxyl groups is 2. The predicted octanol–water partition coefficient (Wildman–Crippen LogP) is 15.2. The lowest BCUT2D eigenvalue weighted by Crippen LogP contribution is -2.61. The average Bonchev–Trinajstić information content (AvgIpc) is 3.37. The number of hydrogen-bond acceptors (Lipinski definition) is 11. The first-order chi connectivity index (χ1) is 35.6. The molecule has 0 aromatic rings. The zero-order valence-corrected chi connectivity index (χ0v) is 46.6. The number of allylic oxidation sites excluding steroid dienone is 6. The summed E-state index contributed by atoms with van der Waals surface area (Å²) in [5.74, 6) is -3.10.